The summed E-state index contributed by atoms with van der Waals surface area (Å²) in [5, 5.41) is 6.61. The van der Waals surface area contributed by atoms with E-state index in [-0.39, 0.29) is 0 Å². The van der Waals surface area contributed by atoms with Crippen molar-refractivity contribution < 1.29 is 0 Å². The molecule has 2 rings (SSSR count). The Morgan fingerprint density at radius 1 is 1.35 bits per heavy atom. The van der Waals surface area contributed by atoms with Gasteiger partial charge in [-0.25, -0.2) is 4.98 Å². The highest BCUT2D eigenvalue weighted by Gasteiger charge is 2.02. The van der Waals surface area contributed by atoms with Crippen LogP contribution in [0.2, 0.25) is 0 Å². The fraction of sp³-hybridized carbons (Fsp3) is 0.308. The minimum Gasteiger partial charge on any atom is -0.397 e. The molecule has 0 aliphatic carbocycles. The summed E-state index contributed by atoms with van der Waals surface area (Å²) in [4.78, 5) is 4.43. The third kappa shape index (κ3) is 2.97. The monoisotopic (exact) mass is 247 g/mol. The molecule has 1 aromatic heterocycles. The lowest BCUT2D eigenvalue weighted by atomic mass is 10.1. The summed E-state index contributed by atoms with van der Waals surface area (Å²) in [5.74, 6) is 0. The van der Waals surface area contributed by atoms with Gasteiger partial charge in [0.2, 0.25) is 0 Å². The Bertz CT molecular complexity index is 485. The van der Waals surface area contributed by atoms with Crippen molar-refractivity contribution in [2.45, 2.75) is 20.3 Å². The van der Waals surface area contributed by atoms with Gasteiger partial charge in [-0.15, -0.1) is 11.3 Å². The number of para-hydroxylation sites is 1. The van der Waals surface area contributed by atoms with E-state index >= 15 is 0 Å². The first-order chi connectivity index (χ1) is 8.16. The molecule has 3 N–H and O–H groups in total. The number of rotatable bonds is 4. The van der Waals surface area contributed by atoms with Gasteiger partial charge in [0.05, 0.1) is 22.1 Å². The lowest BCUT2D eigenvalue weighted by Crippen LogP contribution is -2.08. The summed E-state index contributed by atoms with van der Waals surface area (Å²) in [7, 11) is 0. The molecule has 17 heavy (non-hydrogen) atoms. The first-order valence-electron chi connectivity index (χ1n) is 5.67. The van der Waals surface area contributed by atoms with Gasteiger partial charge in [-0.2, -0.15) is 0 Å². The quantitative estimate of drug-likeness (QED) is 0.817. The van der Waals surface area contributed by atoms with Crippen LogP contribution < -0.4 is 11.1 Å². The number of nitrogen functional groups attached to an aromatic ring is 1. The van der Waals surface area contributed by atoms with Crippen molar-refractivity contribution in [3.63, 3.8) is 0 Å². The molecule has 90 valence electrons. The number of anilines is 2. The topological polar surface area (TPSA) is 50.9 Å². The third-order valence-corrected chi connectivity index (χ3v) is 3.48. The second kappa shape index (κ2) is 5.19. The Morgan fingerprint density at radius 3 is 2.82 bits per heavy atom. The van der Waals surface area contributed by atoms with Crippen LogP contribution >= 0.6 is 11.3 Å². The summed E-state index contributed by atoms with van der Waals surface area (Å²) in [5.41, 5.74) is 10.1. The van der Waals surface area contributed by atoms with E-state index in [1.807, 2.05) is 19.1 Å². The summed E-state index contributed by atoms with van der Waals surface area (Å²) in [6, 6.07) is 5.95. The molecule has 0 spiro atoms. The summed E-state index contributed by atoms with van der Waals surface area (Å²) >= 11 is 1.69. The lowest BCUT2D eigenvalue weighted by molar-refractivity contribution is 0.967. The van der Waals surface area contributed by atoms with Crippen molar-refractivity contribution in [3.05, 3.63) is 39.8 Å². The molecule has 1 heterocycles. The van der Waals surface area contributed by atoms with Gasteiger partial charge in [-0.05, 0) is 25.5 Å². The van der Waals surface area contributed by atoms with E-state index in [2.05, 4.69) is 28.7 Å². The van der Waals surface area contributed by atoms with E-state index < -0.39 is 0 Å². The summed E-state index contributed by atoms with van der Waals surface area (Å²) in [6.07, 6.45) is 0.929. The molecule has 0 aliphatic heterocycles. The molecule has 0 bridgehead atoms. The van der Waals surface area contributed by atoms with Gasteiger partial charge in [0, 0.05) is 18.3 Å². The van der Waals surface area contributed by atoms with E-state index in [9.17, 15) is 0 Å². The Labute approximate surface area is 106 Å². The Kier molecular flexibility index (Phi) is 3.64. The van der Waals surface area contributed by atoms with Crippen LogP contribution in [0.5, 0.6) is 0 Å². The number of nitrogens with one attached hydrogen (secondary N) is 1. The highest BCUT2D eigenvalue weighted by molar-refractivity contribution is 7.09. The molecule has 0 saturated heterocycles. The van der Waals surface area contributed by atoms with E-state index in [1.54, 1.807) is 11.3 Å². The fourth-order valence-corrected chi connectivity index (χ4v) is 2.42. The fourth-order valence-electron chi connectivity index (χ4n) is 1.77. The maximum absolute atomic E-state index is 5.93. The molecule has 0 unspecified atom stereocenters. The van der Waals surface area contributed by atoms with Gasteiger partial charge in [-0.3, -0.25) is 0 Å². The Balaban J connectivity index is 1.94. The maximum Gasteiger partial charge on any atom is 0.0897 e. The maximum atomic E-state index is 5.93. The van der Waals surface area contributed by atoms with Crippen molar-refractivity contribution in [2.75, 3.05) is 17.6 Å². The normalized spacial score (nSPS) is 10.5. The molecule has 2 aromatic rings. The number of hydrogen-bond acceptors (Lipinski definition) is 4. The zero-order valence-electron chi connectivity index (χ0n) is 10.2. The van der Waals surface area contributed by atoms with Gasteiger partial charge >= 0.3 is 0 Å². The minimum atomic E-state index is 0.805. The van der Waals surface area contributed by atoms with E-state index in [0.29, 0.717) is 0 Å². The summed E-state index contributed by atoms with van der Waals surface area (Å²) < 4.78 is 0. The predicted octanol–water partition coefficient (Wildman–Crippen LogP) is 3.00. The highest BCUT2D eigenvalue weighted by Crippen LogP contribution is 2.22. The van der Waals surface area contributed by atoms with Crippen LogP contribution in [-0.4, -0.2) is 11.5 Å². The number of nitrogens with two attached hydrogens (primary N) is 1. The minimum absolute atomic E-state index is 0.805. The van der Waals surface area contributed by atoms with Crippen molar-refractivity contribution in [1.29, 1.82) is 0 Å². The average Bonchev–Trinajstić information content (AvgIpc) is 2.69. The number of hydrogen-bond donors (Lipinski definition) is 2. The second-order valence-corrected chi connectivity index (χ2v) is 5.14. The van der Waals surface area contributed by atoms with Gasteiger partial charge < -0.3 is 11.1 Å². The molecule has 0 atom stereocenters. The van der Waals surface area contributed by atoms with Crippen molar-refractivity contribution in [3.8, 4) is 0 Å². The average molecular weight is 247 g/mol. The molecule has 3 nitrogen and oxygen atoms in total. The van der Waals surface area contributed by atoms with Crippen molar-refractivity contribution in [1.82, 2.24) is 4.98 Å². The molecular weight excluding hydrogens is 230 g/mol. The van der Waals surface area contributed by atoms with Crippen molar-refractivity contribution >= 4 is 22.7 Å². The summed E-state index contributed by atoms with van der Waals surface area (Å²) in [6.45, 7) is 4.95. The number of aromatic nitrogens is 1. The van der Waals surface area contributed by atoms with Crippen LogP contribution in [0, 0.1) is 13.8 Å². The molecule has 0 saturated carbocycles. The molecule has 0 radical (unpaired) electrons. The van der Waals surface area contributed by atoms with Crippen LogP contribution in [-0.2, 0) is 6.42 Å². The van der Waals surface area contributed by atoms with Gasteiger partial charge in [0.15, 0.2) is 0 Å². The van der Waals surface area contributed by atoms with Gasteiger partial charge in [-0.1, -0.05) is 12.1 Å². The van der Waals surface area contributed by atoms with E-state index in [1.165, 1.54) is 5.56 Å². The number of aryl methyl sites for hydroxylation is 2. The smallest absolute Gasteiger partial charge is 0.0897 e. The Hall–Kier alpha value is -1.55. The molecular formula is C13H17N3S. The molecule has 0 aliphatic rings. The number of thiazole rings is 1. The lowest BCUT2D eigenvalue weighted by Gasteiger charge is -2.11. The standard InChI is InChI=1S/C13H17N3S/c1-9-4-3-5-12(14)13(9)15-7-6-11-8-17-10(2)16-11/h3-5,8,15H,6-7,14H2,1-2H3. The largest absolute Gasteiger partial charge is 0.397 e. The third-order valence-electron chi connectivity index (χ3n) is 2.65. The highest BCUT2D eigenvalue weighted by atomic mass is 32.1. The van der Waals surface area contributed by atoms with Crippen LogP contribution in [0.3, 0.4) is 0 Å². The number of nitrogens with zero attached hydrogens (tertiary/aromatic N) is 1. The van der Waals surface area contributed by atoms with Gasteiger partial charge in [0.25, 0.3) is 0 Å². The van der Waals surface area contributed by atoms with Crippen LogP contribution in [0.1, 0.15) is 16.3 Å². The number of benzene rings is 1. The van der Waals surface area contributed by atoms with Crippen molar-refractivity contribution in [2.24, 2.45) is 0 Å². The first-order valence-corrected chi connectivity index (χ1v) is 6.55. The van der Waals surface area contributed by atoms with E-state index in [4.69, 9.17) is 5.73 Å². The second-order valence-electron chi connectivity index (χ2n) is 4.07. The van der Waals surface area contributed by atoms with E-state index in [0.717, 1.165) is 35.0 Å². The first kappa shape index (κ1) is 11.9. The Morgan fingerprint density at radius 2 is 2.18 bits per heavy atom. The molecule has 4 heteroatoms. The molecule has 1 aromatic carbocycles. The predicted molar refractivity (Wildman–Crippen MR) is 74.6 cm³/mol. The molecule has 0 fully saturated rings. The van der Waals surface area contributed by atoms with Crippen LogP contribution in [0.25, 0.3) is 0 Å². The molecule has 0 amide bonds. The zero-order chi connectivity index (χ0) is 12.3. The van der Waals surface area contributed by atoms with Crippen LogP contribution in [0.15, 0.2) is 23.6 Å². The van der Waals surface area contributed by atoms with Gasteiger partial charge in [0.1, 0.15) is 0 Å². The van der Waals surface area contributed by atoms with Crippen LogP contribution in [0.4, 0.5) is 11.4 Å². The zero-order valence-corrected chi connectivity index (χ0v) is 11.0. The SMILES string of the molecule is Cc1nc(CCNc2c(C)cccc2N)cs1.